The number of hydrogen-bond donors (Lipinski definition) is 3. The number of aromatic nitrogens is 1. The summed E-state index contributed by atoms with van der Waals surface area (Å²) < 4.78 is 8.47. The van der Waals surface area contributed by atoms with Gasteiger partial charge in [0.25, 0.3) is 5.91 Å². The number of nitrogens with zero attached hydrogens (tertiary/aromatic N) is 2. The van der Waals surface area contributed by atoms with Crippen molar-refractivity contribution in [3.05, 3.63) is 36.2 Å². The minimum atomic E-state index is -0.603. The summed E-state index contributed by atoms with van der Waals surface area (Å²) in [4.78, 5) is 28.0. The number of carbonyl (C=O) groups excluding carboxylic acids is 2. The second-order valence-electron chi connectivity index (χ2n) is 6.49. The minimum Gasteiger partial charge on any atom is -0.459 e. The highest BCUT2D eigenvalue weighted by molar-refractivity contribution is 6.21. The van der Waals surface area contributed by atoms with E-state index in [1.807, 2.05) is 0 Å². The molecular weight excluding hydrogens is 358 g/mol. The van der Waals surface area contributed by atoms with E-state index in [4.69, 9.17) is 22.2 Å². The van der Waals surface area contributed by atoms with E-state index in [0.29, 0.717) is 16.6 Å². The molecule has 8 nitrogen and oxygen atoms in total. The van der Waals surface area contributed by atoms with E-state index in [2.05, 4.69) is 20.1 Å². The van der Waals surface area contributed by atoms with Crippen LogP contribution in [0.1, 0.15) is 31.1 Å². The van der Waals surface area contributed by atoms with Crippen LogP contribution in [0, 0.1) is 0 Å². The molecule has 0 fully saturated rings. The summed E-state index contributed by atoms with van der Waals surface area (Å²) in [5, 5.41) is 6.85. The number of benzene rings is 1. The van der Waals surface area contributed by atoms with E-state index in [-0.39, 0.29) is 12.5 Å². The Kier molecular flexibility index (Phi) is 5.99. The molecule has 1 heterocycles. The molecule has 0 saturated carbocycles. The van der Waals surface area contributed by atoms with Gasteiger partial charge in [0.1, 0.15) is 12.1 Å². The number of nitrogens with two attached hydrogens (primary N) is 1. The Balaban J connectivity index is 2.13. The van der Waals surface area contributed by atoms with Crippen LogP contribution in [0.4, 0.5) is 5.69 Å². The second kappa shape index (κ2) is 8.01. The third-order valence-corrected chi connectivity index (χ3v) is 3.37. The van der Waals surface area contributed by atoms with Gasteiger partial charge in [-0.2, -0.15) is 0 Å². The van der Waals surface area contributed by atoms with Crippen LogP contribution in [0.5, 0.6) is 0 Å². The molecule has 2 aromatic rings. The maximum atomic E-state index is 12.3. The summed E-state index contributed by atoms with van der Waals surface area (Å²) in [6.07, 6.45) is 3.18. The maximum Gasteiger partial charge on any atom is 0.325 e. The Labute approximate surface area is 155 Å². The summed E-state index contributed by atoms with van der Waals surface area (Å²) in [6.45, 7) is 5.07. The van der Waals surface area contributed by atoms with E-state index < -0.39 is 17.5 Å². The highest BCUT2D eigenvalue weighted by atomic mass is 35.5. The van der Waals surface area contributed by atoms with Crippen molar-refractivity contribution in [1.29, 1.82) is 0 Å². The fraction of sp³-hybridized carbons (Fsp3) is 0.294. The smallest absolute Gasteiger partial charge is 0.325 e. The summed E-state index contributed by atoms with van der Waals surface area (Å²) in [5.41, 5.74) is 5.94. The number of esters is 1. The van der Waals surface area contributed by atoms with Crippen LogP contribution in [0.25, 0.3) is 10.8 Å². The van der Waals surface area contributed by atoms with Gasteiger partial charge in [-0.1, -0.05) is 6.07 Å². The van der Waals surface area contributed by atoms with Gasteiger partial charge in [0.2, 0.25) is 5.96 Å². The van der Waals surface area contributed by atoms with Crippen LogP contribution in [0.3, 0.4) is 0 Å². The maximum absolute atomic E-state index is 12.3. The Morgan fingerprint density at radius 3 is 2.69 bits per heavy atom. The molecule has 0 saturated heterocycles. The molecule has 1 amide bonds. The van der Waals surface area contributed by atoms with Crippen LogP contribution in [-0.2, 0) is 9.53 Å². The van der Waals surface area contributed by atoms with Gasteiger partial charge in [-0.25, -0.2) is 0 Å². The van der Waals surface area contributed by atoms with E-state index in [0.717, 1.165) is 5.39 Å². The summed E-state index contributed by atoms with van der Waals surface area (Å²) in [7, 11) is 0. The van der Waals surface area contributed by atoms with Crippen LogP contribution >= 0.6 is 11.8 Å². The lowest BCUT2D eigenvalue weighted by molar-refractivity contribution is -0.153. The number of rotatable bonds is 4. The van der Waals surface area contributed by atoms with Crippen LogP contribution in [0.2, 0.25) is 0 Å². The molecule has 0 aliphatic rings. The van der Waals surface area contributed by atoms with E-state index in [1.165, 1.54) is 0 Å². The topological polar surface area (TPSA) is 119 Å². The van der Waals surface area contributed by atoms with Crippen molar-refractivity contribution in [3.8, 4) is 0 Å². The fourth-order valence-electron chi connectivity index (χ4n) is 2.21. The Bertz CT molecular complexity index is 861. The van der Waals surface area contributed by atoms with Crippen LogP contribution in [-0.4, -0.2) is 35.0 Å². The van der Waals surface area contributed by atoms with E-state index in [1.54, 1.807) is 51.4 Å². The molecule has 0 aliphatic heterocycles. The molecule has 0 atom stereocenters. The number of carbonyl (C=O) groups is 2. The average molecular weight is 378 g/mol. The third kappa shape index (κ3) is 5.32. The third-order valence-electron chi connectivity index (χ3n) is 3.19. The quantitative estimate of drug-likeness (QED) is 0.427. The first-order valence-corrected chi connectivity index (χ1v) is 8.12. The van der Waals surface area contributed by atoms with Gasteiger partial charge in [-0.05, 0) is 32.9 Å². The van der Waals surface area contributed by atoms with Gasteiger partial charge in [0.05, 0.1) is 11.9 Å². The zero-order chi connectivity index (χ0) is 19.3. The molecule has 0 radical (unpaired) electrons. The van der Waals surface area contributed by atoms with Gasteiger partial charge >= 0.3 is 5.97 Å². The van der Waals surface area contributed by atoms with Crippen molar-refractivity contribution in [2.75, 3.05) is 11.9 Å². The fourth-order valence-corrected chi connectivity index (χ4v) is 2.25. The minimum absolute atomic E-state index is 0.0279. The predicted molar refractivity (Wildman–Crippen MR) is 101 cm³/mol. The van der Waals surface area contributed by atoms with Crippen molar-refractivity contribution >= 4 is 46.1 Å². The number of ether oxygens (including phenoxy) is 1. The zero-order valence-corrected chi connectivity index (χ0v) is 15.4. The summed E-state index contributed by atoms with van der Waals surface area (Å²) in [5.74, 6) is -0.867. The Morgan fingerprint density at radius 1 is 1.31 bits per heavy atom. The number of amides is 1. The second-order valence-corrected chi connectivity index (χ2v) is 6.66. The lowest BCUT2D eigenvalue weighted by atomic mass is 10.1. The molecule has 4 N–H and O–H groups in total. The van der Waals surface area contributed by atoms with E-state index in [9.17, 15) is 9.59 Å². The largest absolute Gasteiger partial charge is 0.459 e. The SMILES string of the molecule is CC(C)(C)OC(=O)CNC(=O)c1ccc2c(NC(N)=NCl)cncc2c1. The number of guanidine groups is 1. The highest BCUT2D eigenvalue weighted by Crippen LogP contribution is 2.23. The first-order valence-electron chi connectivity index (χ1n) is 7.79. The number of hydrogen-bond acceptors (Lipinski definition) is 5. The molecule has 9 heteroatoms. The van der Waals surface area contributed by atoms with Crippen molar-refractivity contribution in [3.63, 3.8) is 0 Å². The number of anilines is 1. The predicted octanol–water partition coefficient (Wildman–Crippen LogP) is 2.19. The number of halogens is 1. The lowest BCUT2D eigenvalue weighted by Crippen LogP contribution is -2.34. The average Bonchev–Trinajstić information content (AvgIpc) is 2.57. The lowest BCUT2D eigenvalue weighted by Gasteiger charge is -2.19. The molecule has 1 aromatic heterocycles. The molecule has 0 spiro atoms. The van der Waals surface area contributed by atoms with Crippen LogP contribution < -0.4 is 16.4 Å². The van der Waals surface area contributed by atoms with Gasteiger partial charge in [-0.3, -0.25) is 14.6 Å². The molecule has 138 valence electrons. The Hall–Kier alpha value is -2.87. The summed E-state index contributed by atoms with van der Waals surface area (Å²) >= 11 is 5.31. The van der Waals surface area contributed by atoms with Crippen molar-refractivity contribution in [1.82, 2.24) is 10.3 Å². The molecule has 1 aromatic carbocycles. The Morgan fingerprint density at radius 2 is 2.04 bits per heavy atom. The van der Waals surface area contributed by atoms with Crippen molar-refractivity contribution < 1.29 is 14.3 Å². The molecular formula is C17H20ClN5O3. The number of fused-ring (bicyclic) bond motifs is 1. The van der Waals surface area contributed by atoms with Gasteiger partial charge in [-0.15, -0.1) is 4.51 Å². The monoisotopic (exact) mass is 377 g/mol. The molecule has 0 unspecified atom stereocenters. The van der Waals surface area contributed by atoms with Crippen molar-refractivity contribution in [2.45, 2.75) is 26.4 Å². The molecule has 26 heavy (non-hydrogen) atoms. The standard InChI is InChI=1S/C17H20ClN5O3/c1-17(2,3)26-14(24)9-21-15(25)10-4-5-12-11(6-10)7-20-8-13(12)22-16(19)23-18/h4-8H,9H2,1-3H3,(H,21,25)(H3,19,22,23). The van der Waals surface area contributed by atoms with Gasteiger partial charge in [0.15, 0.2) is 0 Å². The normalized spacial score (nSPS) is 11.9. The molecule has 2 rings (SSSR count). The van der Waals surface area contributed by atoms with Crippen molar-refractivity contribution in [2.24, 2.45) is 10.2 Å². The van der Waals surface area contributed by atoms with Gasteiger partial charge < -0.3 is 21.1 Å². The zero-order valence-electron chi connectivity index (χ0n) is 14.7. The van der Waals surface area contributed by atoms with Crippen LogP contribution in [0.15, 0.2) is 35.1 Å². The van der Waals surface area contributed by atoms with Gasteiger partial charge in [0, 0.05) is 34.3 Å². The number of pyridine rings is 1. The first kappa shape index (κ1) is 19.5. The molecule has 0 bridgehead atoms. The van der Waals surface area contributed by atoms with E-state index >= 15 is 0 Å². The summed E-state index contributed by atoms with van der Waals surface area (Å²) in [6, 6.07) is 5.03. The highest BCUT2D eigenvalue weighted by Gasteiger charge is 2.17. The first-order chi connectivity index (χ1) is 12.2. The molecule has 0 aliphatic carbocycles. The number of nitrogens with one attached hydrogen (secondary N) is 2.